The van der Waals surface area contributed by atoms with Crippen LogP contribution in [-0.4, -0.2) is 46.3 Å². The molecule has 202 valence electrons. The molecule has 11 heteroatoms. The van der Waals surface area contributed by atoms with Gasteiger partial charge in [0.1, 0.15) is 29.8 Å². The van der Waals surface area contributed by atoms with Crippen molar-refractivity contribution in [2.45, 2.75) is 20.4 Å². The van der Waals surface area contributed by atoms with Gasteiger partial charge in [0.05, 0.1) is 23.1 Å². The maximum absolute atomic E-state index is 13.5. The first kappa shape index (κ1) is 27.1. The number of carboxylic acids is 1. The summed E-state index contributed by atoms with van der Waals surface area (Å²) in [6.07, 6.45) is 1.39. The number of hydrogen-bond donors (Lipinski definition) is 1. The first-order valence-corrected chi connectivity index (χ1v) is 13.5. The zero-order valence-electron chi connectivity index (χ0n) is 22.1. The van der Waals surface area contributed by atoms with Gasteiger partial charge in [-0.1, -0.05) is 23.7 Å². The average molecular weight is 574 g/mol. The van der Waals surface area contributed by atoms with E-state index in [1.165, 1.54) is 22.1 Å². The van der Waals surface area contributed by atoms with Crippen LogP contribution in [0.3, 0.4) is 0 Å². The molecular formula is C29H24ClN5O4S. The number of rotatable bonds is 7. The van der Waals surface area contributed by atoms with Crippen LogP contribution in [0.2, 0.25) is 5.02 Å². The summed E-state index contributed by atoms with van der Waals surface area (Å²) in [6, 6.07) is 11.1. The maximum Gasteiger partial charge on any atom is 0.337 e. The lowest BCUT2D eigenvalue weighted by Gasteiger charge is -2.17. The number of benzene rings is 2. The molecule has 2 aromatic carbocycles. The minimum atomic E-state index is -0.980. The van der Waals surface area contributed by atoms with Gasteiger partial charge in [0.15, 0.2) is 5.82 Å². The third kappa shape index (κ3) is 4.63. The van der Waals surface area contributed by atoms with Gasteiger partial charge < -0.3 is 14.7 Å². The van der Waals surface area contributed by atoms with E-state index in [0.717, 1.165) is 15.8 Å². The van der Waals surface area contributed by atoms with Gasteiger partial charge in [0, 0.05) is 51.9 Å². The first-order valence-electron chi connectivity index (χ1n) is 12.3. The Morgan fingerprint density at radius 1 is 1.20 bits per heavy atom. The van der Waals surface area contributed by atoms with Crippen LogP contribution in [0.15, 0.2) is 46.7 Å². The second kappa shape index (κ2) is 10.6. The van der Waals surface area contributed by atoms with Crippen molar-refractivity contribution in [1.29, 1.82) is 5.26 Å². The van der Waals surface area contributed by atoms with E-state index in [1.807, 2.05) is 25.1 Å². The zero-order valence-corrected chi connectivity index (χ0v) is 23.7. The molecule has 5 aromatic rings. The second-order valence-electron chi connectivity index (χ2n) is 9.42. The molecule has 0 atom stereocenters. The normalized spacial score (nSPS) is 11.1. The first-order chi connectivity index (χ1) is 19.1. The molecule has 9 nitrogen and oxygen atoms in total. The van der Waals surface area contributed by atoms with E-state index >= 15 is 0 Å². The third-order valence-corrected chi connectivity index (χ3v) is 7.91. The average Bonchev–Trinajstić information content (AvgIpc) is 3.37. The number of pyridine rings is 1. The van der Waals surface area contributed by atoms with Crippen LogP contribution in [0.1, 0.15) is 27.3 Å². The Balaban J connectivity index is 1.52. The quantitative estimate of drug-likeness (QED) is 0.265. The van der Waals surface area contributed by atoms with E-state index < -0.39 is 5.97 Å². The molecule has 0 bridgehead atoms. The largest absolute Gasteiger partial charge is 0.491 e. The summed E-state index contributed by atoms with van der Waals surface area (Å²) in [5.41, 5.74) is 2.84. The topological polar surface area (TPSA) is 121 Å². The molecule has 0 unspecified atom stereocenters. The molecule has 0 saturated heterocycles. The summed E-state index contributed by atoms with van der Waals surface area (Å²) in [6.45, 7) is 3.93. The summed E-state index contributed by atoms with van der Waals surface area (Å²) < 4.78 is 8.49. The minimum absolute atomic E-state index is 0.135. The van der Waals surface area contributed by atoms with Crippen LogP contribution >= 0.6 is 22.9 Å². The smallest absolute Gasteiger partial charge is 0.337 e. The van der Waals surface area contributed by atoms with Crippen LogP contribution in [0.4, 0.5) is 5.82 Å². The predicted molar refractivity (Wildman–Crippen MR) is 157 cm³/mol. The fraction of sp³-hybridized carbons (Fsp3) is 0.207. The maximum atomic E-state index is 13.5. The predicted octanol–water partition coefficient (Wildman–Crippen LogP) is 5.66. The van der Waals surface area contributed by atoms with Crippen molar-refractivity contribution in [3.05, 3.63) is 79.8 Å². The highest BCUT2D eigenvalue weighted by atomic mass is 35.5. The summed E-state index contributed by atoms with van der Waals surface area (Å²) >= 11 is 7.72. The standard InChI is InChI=1S/C29H24ClN5O4S/c1-15-5-7-19(26-23(15)21(14-40-26)29(37)38)20-11-18(30)6-8-22(20)39-10-9-35-16(2)33-25-24(28(35)36)17(12-31)13-32-27(25)34(3)4/h5-8,11,13-14H,9-10H2,1-4H3,(H,37,38). The van der Waals surface area contributed by atoms with Crippen LogP contribution in [0.5, 0.6) is 5.75 Å². The number of thiophene rings is 1. The van der Waals surface area contributed by atoms with Crippen LogP contribution in [0.25, 0.3) is 32.1 Å². The Morgan fingerprint density at radius 2 is 1.98 bits per heavy atom. The molecule has 0 radical (unpaired) electrons. The number of aryl methyl sites for hydroxylation is 2. The van der Waals surface area contributed by atoms with Gasteiger partial charge in [0.2, 0.25) is 0 Å². The van der Waals surface area contributed by atoms with Gasteiger partial charge in [-0.2, -0.15) is 5.26 Å². The van der Waals surface area contributed by atoms with E-state index in [4.69, 9.17) is 16.3 Å². The van der Waals surface area contributed by atoms with Crippen LogP contribution in [-0.2, 0) is 6.54 Å². The third-order valence-electron chi connectivity index (χ3n) is 6.67. The lowest BCUT2D eigenvalue weighted by Crippen LogP contribution is -2.28. The van der Waals surface area contributed by atoms with Crippen molar-refractivity contribution in [2.75, 3.05) is 25.6 Å². The molecule has 1 N–H and O–H groups in total. The van der Waals surface area contributed by atoms with Gasteiger partial charge in [-0.05, 0) is 37.6 Å². The highest BCUT2D eigenvalue weighted by Crippen LogP contribution is 2.41. The molecule has 0 aliphatic rings. The van der Waals surface area contributed by atoms with Gasteiger partial charge in [-0.15, -0.1) is 11.3 Å². The Labute approximate surface area is 238 Å². The van der Waals surface area contributed by atoms with Crippen molar-refractivity contribution < 1.29 is 14.6 Å². The summed E-state index contributed by atoms with van der Waals surface area (Å²) in [7, 11) is 3.60. The molecule has 40 heavy (non-hydrogen) atoms. The van der Waals surface area contributed by atoms with Gasteiger partial charge in [-0.25, -0.2) is 14.8 Å². The highest BCUT2D eigenvalue weighted by molar-refractivity contribution is 7.18. The SMILES string of the molecule is Cc1ccc(-c2cc(Cl)ccc2OCCn2c(C)nc3c(N(C)C)ncc(C#N)c3c2=O)c2scc(C(=O)O)c12. The number of hydrogen-bond acceptors (Lipinski definition) is 8. The number of carbonyl (C=O) groups is 1. The number of fused-ring (bicyclic) bond motifs is 2. The van der Waals surface area contributed by atoms with E-state index in [0.29, 0.717) is 38.9 Å². The number of ether oxygens (including phenoxy) is 1. The number of aromatic carboxylic acids is 1. The fourth-order valence-corrected chi connectivity index (χ4v) is 6.08. The molecule has 0 saturated carbocycles. The molecule has 3 heterocycles. The highest BCUT2D eigenvalue weighted by Gasteiger charge is 2.20. The summed E-state index contributed by atoms with van der Waals surface area (Å²) in [4.78, 5) is 36.0. The molecule has 0 aliphatic heterocycles. The Kier molecular flexibility index (Phi) is 7.19. The molecular weight excluding hydrogens is 550 g/mol. The lowest BCUT2D eigenvalue weighted by atomic mass is 9.98. The molecule has 0 fully saturated rings. The summed E-state index contributed by atoms with van der Waals surface area (Å²) in [5, 5.41) is 22.3. The lowest BCUT2D eigenvalue weighted by molar-refractivity contribution is 0.0699. The van der Waals surface area contributed by atoms with Gasteiger partial charge in [-0.3, -0.25) is 9.36 Å². The number of nitriles is 1. The van der Waals surface area contributed by atoms with E-state index in [2.05, 4.69) is 9.97 Å². The van der Waals surface area contributed by atoms with Crippen LogP contribution in [0, 0.1) is 25.2 Å². The van der Waals surface area contributed by atoms with E-state index in [9.17, 15) is 20.0 Å². The fourth-order valence-electron chi connectivity index (χ4n) is 4.76. The molecule has 0 spiro atoms. The van der Waals surface area contributed by atoms with Crippen molar-refractivity contribution in [3.63, 3.8) is 0 Å². The molecule has 5 rings (SSSR count). The van der Waals surface area contributed by atoms with Crippen molar-refractivity contribution in [3.8, 4) is 22.9 Å². The second-order valence-corrected chi connectivity index (χ2v) is 10.7. The van der Waals surface area contributed by atoms with Crippen molar-refractivity contribution in [1.82, 2.24) is 14.5 Å². The van der Waals surface area contributed by atoms with E-state index in [1.54, 1.807) is 49.5 Å². The monoisotopic (exact) mass is 573 g/mol. The Bertz CT molecular complexity index is 1920. The number of carboxylic acid groups (broad SMARTS) is 1. The van der Waals surface area contributed by atoms with Crippen LogP contribution < -0.4 is 15.2 Å². The number of nitrogens with zero attached hydrogens (tertiary/aromatic N) is 5. The molecule has 0 aliphatic carbocycles. The number of aromatic nitrogens is 3. The number of halogens is 1. The Morgan fingerprint density at radius 3 is 2.67 bits per heavy atom. The van der Waals surface area contributed by atoms with Crippen molar-refractivity contribution in [2.24, 2.45) is 0 Å². The molecule has 0 amide bonds. The Hall–Kier alpha value is -4.46. The zero-order chi connectivity index (χ0) is 28.7. The number of anilines is 1. The van der Waals surface area contributed by atoms with Crippen molar-refractivity contribution >= 4 is 55.7 Å². The van der Waals surface area contributed by atoms with Gasteiger partial charge >= 0.3 is 5.97 Å². The molecule has 3 aromatic heterocycles. The minimum Gasteiger partial charge on any atom is -0.491 e. The van der Waals surface area contributed by atoms with Gasteiger partial charge in [0.25, 0.3) is 5.56 Å². The van der Waals surface area contributed by atoms with E-state index in [-0.39, 0.29) is 35.2 Å². The summed E-state index contributed by atoms with van der Waals surface area (Å²) in [5.74, 6) is 0.535.